The van der Waals surface area contributed by atoms with Crippen LogP contribution in [0.25, 0.3) is 0 Å². The summed E-state index contributed by atoms with van der Waals surface area (Å²) in [6, 6.07) is 19.0. The van der Waals surface area contributed by atoms with E-state index in [-0.39, 0.29) is 22.1 Å². The Bertz CT molecular complexity index is 1260. The summed E-state index contributed by atoms with van der Waals surface area (Å²) in [5.41, 5.74) is 1.24. The Labute approximate surface area is 197 Å². The molecule has 0 atom stereocenters. The molecule has 1 aliphatic rings. The third-order valence-electron chi connectivity index (χ3n) is 5.46. The molecule has 0 saturated carbocycles. The molecule has 9 heteroatoms. The Hall–Kier alpha value is -2.94. The van der Waals surface area contributed by atoms with E-state index in [9.17, 15) is 17.6 Å². The van der Waals surface area contributed by atoms with Crippen LogP contribution in [0.5, 0.6) is 0 Å². The number of sulfonamides is 1. The Morgan fingerprint density at radius 3 is 2.39 bits per heavy atom. The average molecular weight is 488 g/mol. The summed E-state index contributed by atoms with van der Waals surface area (Å²) in [5.74, 6) is -0.913. The molecule has 0 aliphatic carbocycles. The van der Waals surface area contributed by atoms with Gasteiger partial charge in [-0.15, -0.1) is 0 Å². The van der Waals surface area contributed by atoms with Crippen LogP contribution in [0.4, 0.5) is 10.1 Å². The quantitative estimate of drug-likeness (QED) is 0.564. The van der Waals surface area contributed by atoms with Gasteiger partial charge in [-0.05, 0) is 48.0 Å². The van der Waals surface area contributed by atoms with Gasteiger partial charge in [-0.2, -0.15) is 0 Å². The van der Waals surface area contributed by atoms with Crippen LogP contribution in [0.2, 0.25) is 5.02 Å². The van der Waals surface area contributed by atoms with Crippen molar-refractivity contribution in [1.29, 1.82) is 0 Å². The molecular formula is C24H23ClFN3O3S. The van der Waals surface area contributed by atoms with Crippen molar-refractivity contribution in [2.75, 3.05) is 30.9 Å². The summed E-state index contributed by atoms with van der Waals surface area (Å²) >= 11 is 6.06. The van der Waals surface area contributed by atoms with E-state index in [2.05, 4.69) is 9.62 Å². The van der Waals surface area contributed by atoms with Gasteiger partial charge in [-0.3, -0.25) is 14.4 Å². The minimum absolute atomic E-state index is 0.101. The molecule has 0 spiro atoms. The number of hydrogen-bond acceptors (Lipinski definition) is 4. The molecule has 0 bridgehead atoms. The van der Waals surface area contributed by atoms with Crippen molar-refractivity contribution < 1.29 is 17.6 Å². The lowest BCUT2D eigenvalue weighted by molar-refractivity contribution is 0.0628. The molecule has 33 heavy (non-hydrogen) atoms. The highest BCUT2D eigenvalue weighted by Gasteiger charge is 2.24. The number of benzene rings is 3. The predicted molar refractivity (Wildman–Crippen MR) is 126 cm³/mol. The van der Waals surface area contributed by atoms with E-state index in [1.54, 1.807) is 11.0 Å². The summed E-state index contributed by atoms with van der Waals surface area (Å²) in [6.45, 7) is 3.21. The summed E-state index contributed by atoms with van der Waals surface area (Å²) in [7, 11) is -4.05. The van der Waals surface area contributed by atoms with Crippen LogP contribution in [0, 0.1) is 5.82 Å². The first-order valence-corrected chi connectivity index (χ1v) is 12.3. The number of nitrogens with one attached hydrogen (secondary N) is 1. The van der Waals surface area contributed by atoms with Gasteiger partial charge in [0.25, 0.3) is 15.9 Å². The summed E-state index contributed by atoms with van der Waals surface area (Å²) in [4.78, 5) is 16.9. The van der Waals surface area contributed by atoms with E-state index in [1.165, 1.54) is 42.5 Å². The van der Waals surface area contributed by atoms with E-state index < -0.39 is 15.8 Å². The van der Waals surface area contributed by atoms with Crippen LogP contribution >= 0.6 is 11.6 Å². The molecule has 1 heterocycles. The third-order valence-corrected chi connectivity index (χ3v) is 7.06. The van der Waals surface area contributed by atoms with Gasteiger partial charge in [0, 0.05) is 43.3 Å². The summed E-state index contributed by atoms with van der Waals surface area (Å²) < 4.78 is 41.6. The number of nitrogens with zero attached hydrogens (tertiary/aromatic N) is 2. The molecule has 4 rings (SSSR count). The molecule has 1 N–H and O–H groups in total. The van der Waals surface area contributed by atoms with Crippen LogP contribution < -0.4 is 4.72 Å². The second-order valence-electron chi connectivity index (χ2n) is 7.81. The molecule has 0 aromatic heterocycles. The number of amides is 1. The van der Waals surface area contributed by atoms with Crippen LogP contribution in [0.1, 0.15) is 15.9 Å². The van der Waals surface area contributed by atoms with Gasteiger partial charge in [0.05, 0.1) is 10.6 Å². The number of para-hydroxylation sites is 1. The first-order valence-electron chi connectivity index (χ1n) is 10.5. The molecule has 3 aromatic carbocycles. The van der Waals surface area contributed by atoms with Gasteiger partial charge >= 0.3 is 0 Å². The van der Waals surface area contributed by atoms with Crippen molar-refractivity contribution in [1.82, 2.24) is 9.80 Å². The Morgan fingerprint density at radius 2 is 1.67 bits per heavy atom. The monoisotopic (exact) mass is 487 g/mol. The van der Waals surface area contributed by atoms with E-state index in [1.807, 2.05) is 24.3 Å². The standard InChI is InChI=1S/C24H23ClFN3O3S/c25-20-7-3-5-18(15-20)17-28-11-13-29(14-12-28)24(30)19-6-4-8-21(16-19)33(31,32)27-23-10-2-1-9-22(23)26/h1-10,15-16,27H,11-14,17H2. The molecule has 6 nitrogen and oxygen atoms in total. The largest absolute Gasteiger partial charge is 0.336 e. The number of halogens is 2. The van der Waals surface area contributed by atoms with Crippen molar-refractivity contribution in [2.24, 2.45) is 0 Å². The zero-order chi connectivity index (χ0) is 23.4. The molecule has 1 amide bonds. The molecule has 1 fully saturated rings. The lowest BCUT2D eigenvalue weighted by atomic mass is 10.1. The van der Waals surface area contributed by atoms with Crippen molar-refractivity contribution in [3.05, 3.63) is 94.8 Å². The van der Waals surface area contributed by atoms with Crippen molar-refractivity contribution >= 4 is 33.2 Å². The minimum Gasteiger partial charge on any atom is -0.336 e. The van der Waals surface area contributed by atoms with Gasteiger partial charge in [-0.1, -0.05) is 41.9 Å². The third kappa shape index (κ3) is 5.71. The van der Waals surface area contributed by atoms with E-state index in [0.29, 0.717) is 31.2 Å². The van der Waals surface area contributed by atoms with Gasteiger partial charge in [-0.25, -0.2) is 12.8 Å². The highest BCUT2D eigenvalue weighted by Crippen LogP contribution is 2.21. The predicted octanol–water partition coefficient (Wildman–Crippen LogP) is 4.24. The number of rotatable bonds is 6. The van der Waals surface area contributed by atoms with Gasteiger partial charge in [0.2, 0.25) is 0 Å². The van der Waals surface area contributed by atoms with Crippen molar-refractivity contribution in [3.63, 3.8) is 0 Å². The van der Waals surface area contributed by atoms with Crippen LogP contribution in [-0.4, -0.2) is 50.3 Å². The molecular weight excluding hydrogens is 465 g/mol. The maximum Gasteiger partial charge on any atom is 0.262 e. The maximum absolute atomic E-state index is 13.9. The zero-order valence-electron chi connectivity index (χ0n) is 17.7. The van der Waals surface area contributed by atoms with Gasteiger partial charge in [0.15, 0.2) is 0 Å². The molecule has 1 aliphatic heterocycles. The second kappa shape index (κ2) is 9.91. The lowest BCUT2D eigenvalue weighted by Crippen LogP contribution is -2.48. The second-order valence-corrected chi connectivity index (χ2v) is 9.93. The average Bonchev–Trinajstić information content (AvgIpc) is 2.81. The maximum atomic E-state index is 13.9. The molecule has 1 saturated heterocycles. The van der Waals surface area contributed by atoms with E-state index >= 15 is 0 Å². The number of hydrogen-bond donors (Lipinski definition) is 1. The minimum atomic E-state index is -4.05. The Balaban J connectivity index is 1.41. The highest BCUT2D eigenvalue weighted by molar-refractivity contribution is 7.92. The first-order chi connectivity index (χ1) is 15.8. The number of piperazine rings is 1. The molecule has 3 aromatic rings. The smallest absolute Gasteiger partial charge is 0.262 e. The summed E-state index contributed by atoms with van der Waals surface area (Å²) in [5, 5.41) is 0.695. The molecule has 0 unspecified atom stereocenters. The fourth-order valence-electron chi connectivity index (χ4n) is 3.73. The summed E-state index contributed by atoms with van der Waals surface area (Å²) in [6.07, 6.45) is 0. The Kier molecular flexibility index (Phi) is 6.97. The normalized spacial score (nSPS) is 14.8. The van der Waals surface area contributed by atoms with Crippen LogP contribution in [0.3, 0.4) is 0 Å². The van der Waals surface area contributed by atoms with Crippen molar-refractivity contribution in [3.8, 4) is 0 Å². The Morgan fingerprint density at radius 1 is 0.939 bits per heavy atom. The van der Waals surface area contributed by atoms with Crippen LogP contribution in [-0.2, 0) is 16.6 Å². The molecule has 172 valence electrons. The fourth-order valence-corrected chi connectivity index (χ4v) is 5.05. The first kappa shape index (κ1) is 23.2. The fraction of sp³-hybridized carbons (Fsp3) is 0.208. The highest BCUT2D eigenvalue weighted by atomic mass is 35.5. The van der Waals surface area contributed by atoms with Crippen LogP contribution in [0.15, 0.2) is 77.7 Å². The number of anilines is 1. The SMILES string of the molecule is O=C(c1cccc(S(=O)(=O)Nc2ccccc2F)c1)N1CCN(Cc2cccc(Cl)c2)CC1. The topological polar surface area (TPSA) is 69.7 Å². The zero-order valence-corrected chi connectivity index (χ0v) is 19.3. The lowest BCUT2D eigenvalue weighted by Gasteiger charge is -2.34. The number of carbonyl (C=O) groups is 1. The molecule has 0 radical (unpaired) electrons. The van der Waals surface area contributed by atoms with E-state index in [0.717, 1.165) is 12.1 Å². The van der Waals surface area contributed by atoms with Gasteiger partial charge < -0.3 is 4.90 Å². The van der Waals surface area contributed by atoms with Gasteiger partial charge in [0.1, 0.15) is 5.82 Å². The number of carbonyl (C=O) groups excluding carboxylic acids is 1. The van der Waals surface area contributed by atoms with E-state index in [4.69, 9.17) is 11.6 Å². The van der Waals surface area contributed by atoms with Crippen molar-refractivity contribution in [2.45, 2.75) is 11.4 Å².